The van der Waals surface area contributed by atoms with Crippen LogP contribution >= 0.6 is 11.8 Å². The zero-order valence-corrected chi connectivity index (χ0v) is 25.1. The second-order valence-electron chi connectivity index (χ2n) is 11.4. The molecule has 7 aromatic carbocycles. The van der Waals surface area contributed by atoms with Gasteiger partial charge in [0.05, 0.1) is 10.3 Å². The zero-order valence-electron chi connectivity index (χ0n) is 24.3. The van der Waals surface area contributed by atoms with E-state index in [0.717, 1.165) is 16.7 Å². The summed E-state index contributed by atoms with van der Waals surface area (Å²) in [6, 6.07) is 51.3. The average Bonchev–Trinajstić information content (AvgIpc) is 3.56. The van der Waals surface area contributed by atoms with Crippen LogP contribution in [-0.4, -0.2) is 15.0 Å². The molecule has 4 nitrogen and oxygen atoms in total. The van der Waals surface area contributed by atoms with Gasteiger partial charge in [-0.15, -0.1) is 0 Å². The molecule has 0 bridgehead atoms. The predicted molar refractivity (Wildman–Crippen MR) is 185 cm³/mol. The van der Waals surface area contributed by atoms with Gasteiger partial charge in [0, 0.05) is 22.3 Å². The second kappa shape index (κ2) is 10.7. The fourth-order valence-corrected chi connectivity index (χ4v) is 7.58. The van der Waals surface area contributed by atoms with Gasteiger partial charge >= 0.3 is 0 Å². The van der Waals surface area contributed by atoms with E-state index in [-0.39, 0.29) is 5.37 Å². The molecule has 5 heteroatoms. The van der Waals surface area contributed by atoms with E-state index in [1.54, 1.807) is 0 Å². The topological polar surface area (TPSA) is 55.3 Å². The molecule has 0 aliphatic carbocycles. The lowest BCUT2D eigenvalue weighted by molar-refractivity contribution is -0.588. The summed E-state index contributed by atoms with van der Waals surface area (Å²) in [5, 5.41) is 10.3. The minimum Gasteiger partial charge on any atom is -0.297 e. The SMILES string of the molecule is c1ccc(-c2nc(-c3ccccc3)nc(-c3ccc4c(ccc5ccc6c(c54)[NH2+]C(c4ccc5ccccc5c4)S6)c3)n2)cc1. The molecule has 0 radical (unpaired) electrons. The molecule has 1 unspecified atom stereocenters. The quantitative estimate of drug-likeness (QED) is 0.163. The minimum absolute atomic E-state index is 0.280. The Hall–Kier alpha value is -5.36. The van der Waals surface area contributed by atoms with Crippen molar-refractivity contribution in [1.82, 2.24) is 15.0 Å². The molecule has 1 aliphatic rings. The van der Waals surface area contributed by atoms with Crippen LogP contribution in [0.4, 0.5) is 5.69 Å². The fraction of sp³-hybridized carbons (Fsp3) is 0.0250. The molecule has 45 heavy (non-hydrogen) atoms. The molecule has 2 N–H and O–H groups in total. The van der Waals surface area contributed by atoms with Gasteiger partial charge in [0.25, 0.3) is 0 Å². The first-order valence-corrected chi connectivity index (χ1v) is 16.0. The number of quaternary nitrogens is 1. The standard InChI is InChI=1S/C40H26N4S/c1-3-10-27(11-4-1)37-42-38(28-12-5-2-6-13-28)44-39(43-37)31-19-21-33-30(24-31)17-16-26-20-22-34-36(35(26)33)41-40(45-34)32-18-15-25-9-7-8-14-29(25)23-32/h1-24,40-41H/p+1. The van der Waals surface area contributed by atoms with Gasteiger partial charge in [0.15, 0.2) is 28.5 Å². The highest BCUT2D eigenvalue weighted by Gasteiger charge is 2.30. The summed E-state index contributed by atoms with van der Waals surface area (Å²) in [5.41, 5.74) is 5.57. The molecule has 1 aliphatic heterocycles. The van der Waals surface area contributed by atoms with Crippen LogP contribution in [0.2, 0.25) is 0 Å². The molecule has 9 rings (SSSR count). The van der Waals surface area contributed by atoms with Crippen molar-refractivity contribution in [3.05, 3.63) is 151 Å². The van der Waals surface area contributed by atoms with Crippen molar-refractivity contribution >= 4 is 49.8 Å². The number of benzene rings is 7. The monoisotopic (exact) mass is 595 g/mol. The van der Waals surface area contributed by atoms with E-state index < -0.39 is 0 Å². The fourth-order valence-electron chi connectivity index (χ4n) is 6.38. The molecule has 0 saturated heterocycles. The van der Waals surface area contributed by atoms with Crippen LogP contribution in [0.15, 0.2) is 150 Å². The van der Waals surface area contributed by atoms with Gasteiger partial charge in [-0.2, -0.15) is 0 Å². The van der Waals surface area contributed by atoms with Crippen LogP contribution in [0.25, 0.3) is 66.5 Å². The molecule has 212 valence electrons. The Balaban J connectivity index is 1.15. The van der Waals surface area contributed by atoms with Gasteiger partial charge in [-0.25, -0.2) is 15.0 Å². The lowest BCUT2D eigenvalue weighted by Gasteiger charge is -2.11. The molecule has 0 fully saturated rings. The first-order valence-electron chi connectivity index (χ1n) is 15.1. The summed E-state index contributed by atoms with van der Waals surface area (Å²) in [7, 11) is 0. The van der Waals surface area contributed by atoms with Crippen molar-refractivity contribution < 1.29 is 5.32 Å². The van der Waals surface area contributed by atoms with Crippen molar-refractivity contribution in [3.8, 4) is 34.2 Å². The molecule has 1 atom stereocenters. The summed E-state index contributed by atoms with van der Waals surface area (Å²) in [6.45, 7) is 0. The third kappa shape index (κ3) is 4.65. The molecular weight excluding hydrogens is 569 g/mol. The van der Waals surface area contributed by atoms with Crippen LogP contribution in [0.5, 0.6) is 0 Å². The highest BCUT2D eigenvalue weighted by molar-refractivity contribution is 7.99. The largest absolute Gasteiger partial charge is 0.297 e. The lowest BCUT2D eigenvalue weighted by atomic mass is 9.98. The van der Waals surface area contributed by atoms with E-state index in [1.165, 1.54) is 48.5 Å². The number of hydrogen-bond donors (Lipinski definition) is 1. The molecule has 0 spiro atoms. The Labute approximate surface area is 264 Å². The number of nitrogens with two attached hydrogens (primary N) is 1. The van der Waals surface area contributed by atoms with Gasteiger partial charge in [0.1, 0.15) is 0 Å². The molecule has 8 aromatic rings. The Morgan fingerprint density at radius 2 is 1.07 bits per heavy atom. The number of fused-ring (bicyclic) bond motifs is 6. The van der Waals surface area contributed by atoms with Crippen molar-refractivity contribution in [3.63, 3.8) is 0 Å². The Kier molecular flexibility index (Phi) is 6.18. The van der Waals surface area contributed by atoms with Crippen molar-refractivity contribution in [1.29, 1.82) is 0 Å². The number of thioether (sulfide) groups is 1. The van der Waals surface area contributed by atoms with Gasteiger partial charge in [-0.1, -0.05) is 139 Å². The maximum absolute atomic E-state index is 4.96. The summed E-state index contributed by atoms with van der Waals surface area (Å²) >= 11 is 1.94. The van der Waals surface area contributed by atoms with Crippen LogP contribution in [-0.2, 0) is 0 Å². The number of nitrogens with zero attached hydrogens (tertiary/aromatic N) is 3. The number of aromatic nitrogens is 3. The average molecular weight is 596 g/mol. The van der Waals surface area contributed by atoms with Crippen molar-refractivity contribution in [2.24, 2.45) is 0 Å². The Morgan fingerprint density at radius 1 is 0.467 bits per heavy atom. The third-order valence-electron chi connectivity index (χ3n) is 8.63. The smallest absolute Gasteiger partial charge is 0.168 e. The second-order valence-corrected chi connectivity index (χ2v) is 12.6. The first-order chi connectivity index (χ1) is 22.3. The van der Waals surface area contributed by atoms with Gasteiger partial charge in [-0.3, -0.25) is 5.32 Å². The maximum Gasteiger partial charge on any atom is 0.168 e. The molecule has 2 heterocycles. The molecule has 1 aromatic heterocycles. The minimum atomic E-state index is 0.280. The van der Waals surface area contributed by atoms with Crippen molar-refractivity contribution in [2.45, 2.75) is 10.3 Å². The van der Waals surface area contributed by atoms with E-state index >= 15 is 0 Å². The summed E-state index contributed by atoms with van der Waals surface area (Å²) in [5.74, 6) is 2.01. The van der Waals surface area contributed by atoms with Gasteiger partial charge in [-0.05, 0) is 45.1 Å². The van der Waals surface area contributed by atoms with Crippen LogP contribution in [0.3, 0.4) is 0 Å². The van der Waals surface area contributed by atoms with Crippen molar-refractivity contribution in [2.75, 3.05) is 0 Å². The van der Waals surface area contributed by atoms with E-state index in [1.807, 2.05) is 72.4 Å². The van der Waals surface area contributed by atoms with Gasteiger partial charge < -0.3 is 0 Å². The predicted octanol–water partition coefficient (Wildman–Crippen LogP) is 9.33. The first kappa shape index (κ1) is 26.1. The Bertz CT molecular complexity index is 2330. The van der Waals surface area contributed by atoms with E-state index in [2.05, 4.69) is 90.2 Å². The third-order valence-corrected chi connectivity index (χ3v) is 9.90. The van der Waals surface area contributed by atoms with Crippen LogP contribution in [0, 0.1) is 0 Å². The molecule has 0 saturated carbocycles. The van der Waals surface area contributed by atoms with E-state index in [0.29, 0.717) is 17.5 Å². The van der Waals surface area contributed by atoms with E-state index in [9.17, 15) is 0 Å². The molecule has 0 amide bonds. The van der Waals surface area contributed by atoms with Crippen LogP contribution < -0.4 is 5.32 Å². The Morgan fingerprint density at radius 3 is 1.80 bits per heavy atom. The summed E-state index contributed by atoms with van der Waals surface area (Å²) in [6.07, 6.45) is 0. The normalized spacial score (nSPS) is 14.3. The summed E-state index contributed by atoms with van der Waals surface area (Å²) < 4.78 is 0. The highest BCUT2D eigenvalue weighted by Crippen LogP contribution is 2.45. The van der Waals surface area contributed by atoms with Crippen LogP contribution in [0.1, 0.15) is 10.9 Å². The maximum atomic E-state index is 4.96. The summed E-state index contributed by atoms with van der Waals surface area (Å²) in [4.78, 5) is 16.1. The zero-order chi connectivity index (χ0) is 29.7. The van der Waals surface area contributed by atoms with Gasteiger partial charge in [0.2, 0.25) is 0 Å². The molecular formula is C40H27N4S+. The number of hydrogen-bond acceptors (Lipinski definition) is 4. The van der Waals surface area contributed by atoms with E-state index in [4.69, 9.17) is 15.0 Å². The number of rotatable bonds is 4. The lowest BCUT2D eigenvalue weighted by Crippen LogP contribution is -2.76. The highest BCUT2D eigenvalue weighted by atomic mass is 32.2.